The second-order valence-electron chi connectivity index (χ2n) is 3.95. The minimum absolute atomic E-state index is 0.0154. The lowest BCUT2D eigenvalue weighted by atomic mass is 9.97. The predicted molar refractivity (Wildman–Crippen MR) is 57.9 cm³/mol. The summed E-state index contributed by atoms with van der Waals surface area (Å²) in [6, 6.07) is -0.515. The van der Waals surface area contributed by atoms with Crippen LogP contribution in [-0.4, -0.2) is 18.1 Å². The molecule has 0 aromatic rings. The average Bonchev–Trinajstić information content (AvgIpc) is 2.13. The van der Waals surface area contributed by atoms with Crippen LogP contribution in [0.4, 0.5) is 0 Å². The Bertz CT molecular complexity index is 165. The van der Waals surface area contributed by atoms with Gasteiger partial charge >= 0.3 is 5.97 Å². The summed E-state index contributed by atoms with van der Waals surface area (Å²) in [5, 5.41) is 0. The number of carbonyl (C=O) groups is 1. The first-order valence-corrected chi connectivity index (χ1v) is 5.47. The predicted octanol–water partition coefficient (Wildman–Crippen LogP) is 2.09. The molecule has 84 valence electrons. The van der Waals surface area contributed by atoms with Gasteiger partial charge in [0, 0.05) is 0 Å². The van der Waals surface area contributed by atoms with Gasteiger partial charge in [0.2, 0.25) is 0 Å². The molecule has 0 spiro atoms. The number of hydrogen-bond donors (Lipinski definition) is 1. The Morgan fingerprint density at radius 2 is 1.79 bits per heavy atom. The number of ether oxygens (including phenoxy) is 1. The number of nitrogens with two attached hydrogens (primary N) is 1. The number of carbonyl (C=O) groups excluding carboxylic acids is 1. The molecule has 0 amide bonds. The zero-order valence-corrected chi connectivity index (χ0v) is 9.75. The molecule has 2 atom stereocenters. The van der Waals surface area contributed by atoms with Gasteiger partial charge < -0.3 is 10.5 Å². The van der Waals surface area contributed by atoms with Crippen LogP contribution in [0.15, 0.2) is 0 Å². The van der Waals surface area contributed by atoms with Gasteiger partial charge in [-0.25, -0.2) is 0 Å². The van der Waals surface area contributed by atoms with Crippen molar-refractivity contribution in [3.63, 3.8) is 0 Å². The van der Waals surface area contributed by atoms with Crippen LogP contribution in [0.25, 0.3) is 0 Å². The van der Waals surface area contributed by atoms with Crippen LogP contribution < -0.4 is 5.73 Å². The summed E-state index contributed by atoms with van der Waals surface area (Å²) >= 11 is 0. The van der Waals surface area contributed by atoms with E-state index in [4.69, 9.17) is 10.5 Å². The molecule has 0 saturated heterocycles. The second kappa shape index (κ2) is 6.82. The quantitative estimate of drug-likeness (QED) is 0.669. The SMILES string of the molecule is CCC(CC)CC(C)OC(=O)[C@H](C)N. The highest BCUT2D eigenvalue weighted by atomic mass is 16.5. The first-order chi connectivity index (χ1) is 6.51. The Labute approximate surface area is 87.0 Å². The molecule has 0 rings (SSSR count). The molecule has 2 N–H and O–H groups in total. The van der Waals surface area contributed by atoms with E-state index >= 15 is 0 Å². The Balaban J connectivity index is 3.84. The molecule has 0 aromatic carbocycles. The van der Waals surface area contributed by atoms with Crippen molar-refractivity contribution in [1.82, 2.24) is 0 Å². The van der Waals surface area contributed by atoms with Crippen LogP contribution in [0.5, 0.6) is 0 Å². The molecule has 0 heterocycles. The number of rotatable bonds is 6. The topological polar surface area (TPSA) is 52.3 Å². The van der Waals surface area contributed by atoms with Crippen LogP contribution in [-0.2, 0) is 9.53 Å². The summed E-state index contributed by atoms with van der Waals surface area (Å²) in [4.78, 5) is 11.2. The maximum absolute atomic E-state index is 11.2. The first kappa shape index (κ1) is 13.4. The van der Waals surface area contributed by atoms with Gasteiger partial charge in [-0.15, -0.1) is 0 Å². The Hall–Kier alpha value is -0.570. The lowest BCUT2D eigenvalue weighted by Gasteiger charge is -2.19. The zero-order chi connectivity index (χ0) is 11.1. The maximum Gasteiger partial charge on any atom is 0.322 e. The fraction of sp³-hybridized carbons (Fsp3) is 0.909. The van der Waals surface area contributed by atoms with Gasteiger partial charge in [0.15, 0.2) is 0 Å². The lowest BCUT2D eigenvalue weighted by molar-refractivity contribution is -0.150. The standard InChI is InChI=1S/C11H23NO2/c1-5-10(6-2)7-8(3)14-11(13)9(4)12/h8-10H,5-7,12H2,1-4H3/t8?,9-/m0/s1. The Morgan fingerprint density at radius 3 is 2.14 bits per heavy atom. The van der Waals surface area contributed by atoms with Crippen LogP contribution in [0.1, 0.15) is 47.0 Å². The highest BCUT2D eigenvalue weighted by molar-refractivity contribution is 5.75. The van der Waals surface area contributed by atoms with Gasteiger partial charge in [0.25, 0.3) is 0 Å². The van der Waals surface area contributed by atoms with Gasteiger partial charge in [-0.05, 0) is 26.2 Å². The molecule has 1 unspecified atom stereocenters. The van der Waals surface area contributed by atoms with Crippen LogP contribution in [0, 0.1) is 5.92 Å². The molecular formula is C11H23NO2. The number of hydrogen-bond acceptors (Lipinski definition) is 3. The monoisotopic (exact) mass is 201 g/mol. The highest BCUT2D eigenvalue weighted by Gasteiger charge is 2.16. The van der Waals surface area contributed by atoms with Crippen LogP contribution in [0.3, 0.4) is 0 Å². The van der Waals surface area contributed by atoms with Gasteiger partial charge in [-0.1, -0.05) is 26.7 Å². The van der Waals surface area contributed by atoms with Gasteiger partial charge in [-0.3, -0.25) is 4.79 Å². The zero-order valence-electron chi connectivity index (χ0n) is 9.75. The third kappa shape index (κ3) is 5.22. The molecule has 0 aromatic heterocycles. The molecule has 0 fully saturated rings. The second-order valence-corrected chi connectivity index (χ2v) is 3.95. The van der Waals surface area contributed by atoms with E-state index in [9.17, 15) is 4.79 Å². The summed E-state index contributed by atoms with van der Waals surface area (Å²) in [5.74, 6) is 0.342. The smallest absolute Gasteiger partial charge is 0.322 e. The van der Waals surface area contributed by atoms with E-state index in [0.29, 0.717) is 5.92 Å². The van der Waals surface area contributed by atoms with Gasteiger partial charge in [0.05, 0.1) is 6.10 Å². The molecule has 3 nitrogen and oxygen atoms in total. The van der Waals surface area contributed by atoms with E-state index in [1.54, 1.807) is 6.92 Å². The van der Waals surface area contributed by atoms with E-state index in [0.717, 1.165) is 19.3 Å². The molecule has 0 aliphatic rings. The minimum atomic E-state index is -0.515. The lowest BCUT2D eigenvalue weighted by Crippen LogP contribution is -2.32. The highest BCUT2D eigenvalue weighted by Crippen LogP contribution is 2.16. The third-order valence-electron chi connectivity index (χ3n) is 2.51. The summed E-state index contributed by atoms with van der Waals surface area (Å²) in [6.07, 6.45) is 3.19. The van der Waals surface area contributed by atoms with E-state index in [1.165, 1.54) is 0 Å². The Morgan fingerprint density at radius 1 is 1.29 bits per heavy atom. The molecule has 3 heteroatoms. The van der Waals surface area contributed by atoms with Gasteiger partial charge in [0.1, 0.15) is 6.04 Å². The third-order valence-corrected chi connectivity index (χ3v) is 2.51. The summed E-state index contributed by atoms with van der Waals surface area (Å²) in [5.41, 5.74) is 5.41. The molecular weight excluding hydrogens is 178 g/mol. The Kier molecular flexibility index (Phi) is 6.54. The largest absolute Gasteiger partial charge is 0.462 e. The molecule has 14 heavy (non-hydrogen) atoms. The molecule has 0 saturated carbocycles. The first-order valence-electron chi connectivity index (χ1n) is 5.47. The van der Waals surface area contributed by atoms with Crippen molar-refractivity contribution in [3.05, 3.63) is 0 Å². The van der Waals surface area contributed by atoms with Crippen molar-refractivity contribution in [2.24, 2.45) is 11.7 Å². The minimum Gasteiger partial charge on any atom is -0.462 e. The number of esters is 1. The van der Waals surface area contributed by atoms with E-state index in [1.807, 2.05) is 6.92 Å². The van der Waals surface area contributed by atoms with Crippen molar-refractivity contribution in [3.8, 4) is 0 Å². The van der Waals surface area contributed by atoms with Crippen molar-refractivity contribution >= 4 is 5.97 Å². The van der Waals surface area contributed by atoms with Crippen LogP contribution in [0.2, 0.25) is 0 Å². The molecule has 0 bridgehead atoms. The summed E-state index contributed by atoms with van der Waals surface area (Å²) < 4.78 is 5.18. The molecule has 0 radical (unpaired) electrons. The van der Waals surface area contributed by atoms with Crippen molar-refractivity contribution in [2.45, 2.75) is 59.1 Å². The fourth-order valence-electron chi connectivity index (χ4n) is 1.45. The molecule has 0 aliphatic heterocycles. The molecule has 0 aliphatic carbocycles. The summed E-state index contributed by atoms with van der Waals surface area (Å²) in [6.45, 7) is 7.90. The average molecular weight is 201 g/mol. The summed E-state index contributed by atoms with van der Waals surface area (Å²) in [7, 11) is 0. The van der Waals surface area contributed by atoms with E-state index < -0.39 is 6.04 Å². The maximum atomic E-state index is 11.2. The normalized spacial score (nSPS) is 15.3. The van der Waals surface area contributed by atoms with Crippen molar-refractivity contribution in [2.75, 3.05) is 0 Å². The van der Waals surface area contributed by atoms with Crippen molar-refractivity contribution in [1.29, 1.82) is 0 Å². The fourth-order valence-corrected chi connectivity index (χ4v) is 1.45. The van der Waals surface area contributed by atoms with Gasteiger partial charge in [-0.2, -0.15) is 0 Å². The van der Waals surface area contributed by atoms with E-state index in [2.05, 4.69) is 13.8 Å². The van der Waals surface area contributed by atoms with E-state index in [-0.39, 0.29) is 12.1 Å². The van der Waals surface area contributed by atoms with Crippen LogP contribution >= 0.6 is 0 Å². The van der Waals surface area contributed by atoms with Crippen molar-refractivity contribution < 1.29 is 9.53 Å².